The molecule has 0 spiro atoms. The Balaban J connectivity index is 0.000000296. The molecule has 0 aliphatic heterocycles. The van der Waals surface area contributed by atoms with Crippen molar-refractivity contribution in [3.05, 3.63) is 81.9 Å². The second-order valence-electron chi connectivity index (χ2n) is 9.85. The summed E-state index contributed by atoms with van der Waals surface area (Å²) in [7, 11) is 11.0. The molecule has 0 bridgehead atoms. The van der Waals surface area contributed by atoms with Gasteiger partial charge in [-0.25, -0.2) is 0 Å². The summed E-state index contributed by atoms with van der Waals surface area (Å²) in [6.07, 6.45) is 2.42. The first-order valence-electron chi connectivity index (χ1n) is 13.0. The maximum atomic E-state index is 4.93. The van der Waals surface area contributed by atoms with E-state index < -0.39 is 20.8 Å². The van der Waals surface area contributed by atoms with Crippen molar-refractivity contribution >= 4 is 48.1 Å². The fourth-order valence-corrected chi connectivity index (χ4v) is 4.52. The van der Waals surface area contributed by atoms with Gasteiger partial charge in [0.1, 0.15) is 0 Å². The zero-order chi connectivity index (χ0) is 27.4. The quantitative estimate of drug-likeness (QED) is 0.158. The van der Waals surface area contributed by atoms with Crippen LogP contribution in [0.1, 0.15) is 85.8 Å². The van der Waals surface area contributed by atoms with Gasteiger partial charge in [-0.05, 0) is 11.8 Å². The van der Waals surface area contributed by atoms with Crippen molar-refractivity contribution in [2.75, 3.05) is 0 Å². The first-order chi connectivity index (χ1) is 17.1. The van der Waals surface area contributed by atoms with Crippen molar-refractivity contribution in [2.24, 2.45) is 0 Å². The Kier molecular flexibility index (Phi) is 15.8. The van der Waals surface area contributed by atoms with E-state index in [1.54, 1.807) is 0 Å². The summed E-state index contributed by atoms with van der Waals surface area (Å²) in [5.74, 6) is 1.32. The number of halogens is 2. The standard InChI is InChI=1S/2C15H19.C2H6Si.2ClH.Zr/c2*1-5-11(3)13-7-6-12(4)14-8-10(2)9-15(13)14;1-3-2;;;/h2*6-9,11H,5H2,1-4H3;1-2H3;2*1H;/q2*-1;;;;+4/p-2. The molecule has 4 heteroatoms. The zero-order valence-corrected chi connectivity index (χ0v) is 28.9. The molecule has 4 rings (SSSR count). The Bertz CT molecular complexity index is 1090. The molecule has 194 valence electrons. The second kappa shape index (κ2) is 17.0. The molecule has 2 atom stereocenters. The van der Waals surface area contributed by atoms with Crippen molar-refractivity contribution in [1.82, 2.24) is 0 Å². The van der Waals surface area contributed by atoms with Crippen LogP contribution in [-0.4, -0.2) is 9.52 Å². The van der Waals surface area contributed by atoms with Crippen molar-refractivity contribution in [2.45, 2.75) is 93.2 Å². The molecule has 0 aromatic heterocycles. The Morgan fingerprint density at radius 3 is 1.31 bits per heavy atom. The Morgan fingerprint density at radius 2 is 1.03 bits per heavy atom. The zero-order valence-electron chi connectivity index (χ0n) is 23.9. The number of fused-ring (bicyclic) bond motifs is 2. The van der Waals surface area contributed by atoms with Gasteiger partial charge in [0.15, 0.2) is 0 Å². The second-order valence-corrected chi connectivity index (χ2v) is 14.6. The maximum absolute atomic E-state index is 4.93. The molecule has 0 fully saturated rings. The third-order valence-electron chi connectivity index (χ3n) is 6.85. The first kappa shape index (κ1) is 33.4. The van der Waals surface area contributed by atoms with E-state index in [9.17, 15) is 0 Å². The molecular formula is C32H44Cl2SiZr. The number of aryl methyl sites for hydroxylation is 4. The summed E-state index contributed by atoms with van der Waals surface area (Å²) in [6, 6.07) is 18.4. The number of rotatable bonds is 4. The molecule has 0 nitrogen and oxygen atoms in total. The van der Waals surface area contributed by atoms with Crippen LogP contribution in [0.5, 0.6) is 0 Å². The van der Waals surface area contributed by atoms with E-state index in [4.69, 9.17) is 17.0 Å². The van der Waals surface area contributed by atoms with Gasteiger partial charge in [0, 0.05) is 9.52 Å². The van der Waals surface area contributed by atoms with E-state index in [1.807, 2.05) is 0 Å². The van der Waals surface area contributed by atoms with Crippen LogP contribution in [0.15, 0.2) is 48.5 Å². The fraction of sp³-hybridized carbons (Fsp3) is 0.438. The van der Waals surface area contributed by atoms with Crippen LogP contribution >= 0.6 is 17.0 Å². The van der Waals surface area contributed by atoms with Gasteiger partial charge in [0.05, 0.1) is 0 Å². The molecule has 0 aliphatic rings. The molecule has 2 radical (unpaired) electrons. The molecule has 0 heterocycles. The normalized spacial score (nSPS) is 11.9. The predicted octanol–water partition coefficient (Wildman–Crippen LogP) is 11.5. The van der Waals surface area contributed by atoms with E-state index in [-0.39, 0.29) is 0 Å². The van der Waals surface area contributed by atoms with Crippen LogP contribution in [0, 0.1) is 27.7 Å². The Labute approximate surface area is 242 Å². The molecule has 36 heavy (non-hydrogen) atoms. The monoisotopic (exact) mass is 616 g/mol. The molecule has 0 N–H and O–H groups in total. The summed E-state index contributed by atoms with van der Waals surface area (Å²) < 4.78 is 0. The Morgan fingerprint density at radius 1 is 0.722 bits per heavy atom. The van der Waals surface area contributed by atoms with Crippen LogP contribution in [0.2, 0.25) is 13.1 Å². The topological polar surface area (TPSA) is 0 Å². The van der Waals surface area contributed by atoms with Crippen LogP contribution in [0.3, 0.4) is 0 Å². The summed E-state index contributed by atoms with van der Waals surface area (Å²) in [5.41, 5.74) is 8.56. The SMILES string of the molecule is CCC(C)c1ccc(C)c2[cH-]c(C)cc12.CCC(C)c1ccc(C)c2[cH-]c(C)cc12.C[Si]C.[Cl][Zr+2][Cl]. The third-order valence-corrected chi connectivity index (χ3v) is 6.85. The molecule has 0 amide bonds. The molecule has 4 aromatic rings. The average Bonchev–Trinajstić information content (AvgIpc) is 3.43. The van der Waals surface area contributed by atoms with E-state index in [0.717, 1.165) is 9.52 Å². The summed E-state index contributed by atoms with van der Waals surface area (Å²) >= 11 is -0.826. The van der Waals surface area contributed by atoms with Gasteiger partial charge in [-0.3, -0.25) is 0 Å². The van der Waals surface area contributed by atoms with E-state index in [2.05, 4.69) is 117 Å². The van der Waals surface area contributed by atoms with Crippen LogP contribution < -0.4 is 0 Å². The van der Waals surface area contributed by atoms with Gasteiger partial charge < -0.3 is 0 Å². The fourth-order valence-electron chi connectivity index (χ4n) is 4.52. The van der Waals surface area contributed by atoms with E-state index in [1.165, 1.54) is 67.8 Å². The van der Waals surface area contributed by atoms with Gasteiger partial charge in [0.25, 0.3) is 0 Å². The van der Waals surface area contributed by atoms with E-state index >= 15 is 0 Å². The molecule has 0 saturated carbocycles. The van der Waals surface area contributed by atoms with Crippen LogP contribution in [0.25, 0.3) is 21.5 Å². The first-order valence-corrected chi connectivity index (χ1v) is 21.3. The van der Waals surface area contributed by atoms with Gasteiger partial charge in [-0.15, -0.1) is 68.1 Å². The number of hydrogen-bond donors (Lipinski definition) is 0. The van der Waals surface area contributed by atoms with Crippen LogP contribution in [0.4, 0.5) is 0 Å². The van der Waals surface area contributed by atoms with Gasteiger partial charge >= 0.3 is 37.9 Å². The van der Waals surface area contributed by atoms with Crippen molar-refractivity contribution in [3.63, 3.8) is 0 Å². The predicted molar refractivity (Wildman–Crippen MR) is 165 cm³/mol. The molecule has 4 aromatic carbocycles. The van der Waals surface area contributed by atoms with Crippen molar-refractivity contribution in [1.29, 1.82) is 0 Å². The summed E-state index contributed by atoms with van der Waals surface area (Å²) in [5, 5.41) is 5.79. The van der Waals surface area contributed by atoms with Gasteiger partial charge in [0.2, 0.25) is 0 Å². The number of hydrogen-bond acceptors (Lipinski definition) is 0. The number of benzene rings is 2. The molecule has 0 aliphatic carbocycles. The Hall–Kier alpha value is -0.660. The van der Waals surface area contributed by atoms with E-state index in [0.29, 0.717) is 11.8 Å². The van der Waals surface area contributed by atoms with Crippen molar-refractivity contribution in [3.8, 4) is 0 Å². The van der Waals surface area contributed by atoms with Gasteiger partial charge in [-0.1, -0.05) is 105 Å². The average molecular weight is 619 g/mol. The molecule has 0 saturated heterocycles. The van der Waals surface area contributed by atoms with Crippen LogP contribution in [-0.2, 0) is 20.8 Å². The minimum absolute atomic E-state index is 0.662. The summed E-state index contributed by atoms with van der Waals surface area (Å²) in [4.78, 5) is 0. The molecular weight excluding hydrogens is 575 g/mol. The third kappa shape index (κ3) is 9.27. The van der Waals surface area contributed by atoms with Gasteiger partial charge in [-0.2, -0.15) is 12.1 Å². The molecule has 2 unspecified atom stereocenters. The summed E-state index contributed by atoms with van der Waals surface area (Å²) in [6.45, 7) is 22.2. The van der Waals surface area contributed by atoms with Crippen molar-refractivity contribution < 1.29 is 20.8 Å². The minimum atomic E-state index is -0.826.